The molecule has 1 heterocycles. The van der Waals surface area contributed by atoms with Crippen molar-refractivity contribution in [2.45, 2.75) is 5.16 Å². The van der Waals surface area contributed by atoms with Crippen LogP contribution >= 0.6 is 35.0 Å². The molecule has 1 aromatic carbocycles. The summed E-state index contributed by atoms with van der Waals surface area (Å²) in [6.07, 6.45) is 2.24. The maximum absolute atomic E-state index is 11.5. The van der Waals surface area contributed by atoms with E-state index in [1.54, 1.807) is 30.5 Å². The molecule has 6 nitrogen and oxygen atoms in total. The molecule has 0 atom stereocenters. The van der Waals surface area contributed by atoms with Gasteiger partial charge in [0.1, 0.15) is 10.3 Å². The monoisotopic (exact) mass is 356 g/mol. The van der Waals surface area contributed by atoms with E-state index in [0.717, 1.165) is 0 Å². The lowest BCUT2D eigenvalue weighted by atomic mass is 10.3. The molecule has 0 aliphatic carbocycles. The lowest BCUT2D eigenvalue weighted by Crippen LogP contribution is -2.10. The molecular formula is C13H10Cl2N4O2S. The largest absolute Gasteiger partial charge is 0.437 e. The molecule has 0 saturated carbocycles. The number of hydrogen-bond donors (Lipinski definition) is 1. The van der Waals surface area contributed by atoms with Gasteiger partial charge in [0.15, 0.2) is 5.16 Å². The molecule has 0 aliphatic heterocycles. The topological polar surface area (TPSA) is 76.5 Å². The van der Waals surface area contributed by atoms with Crippen LogP contribution in [-0.2, 0) is 4.84 Å². The Morgan fingerprint density at radius 2 is 1.91 bits per heavy atom. The molecule has 1 N–H and O–H groups in total. The van der Waals surface area contributed by atoms with Crippen LogP contribution in [0.4, 0.5) is 10.5 Å². The average Bonchev–Trinajstić information content (AvgIpc) is 2.50. The van der Waals surface area contributed by atoms with Crippen molar-refractivity contribution < 1.29 is 9.63 Å². The zero-order chi connectivity index (χ0) is 15.9. The molecule has 0 fully saturated rings. The number of nitrogens with one attached hydrogen (secondary N) is 1. The number of oxime groups is 1. The molecule has 0 aliphatic rings. The summed E-state index contributed by atoms with van der Waals surface area (Å²) in [4.78, 5) is 24.2. The Hall–Kier alpha value is -1.83. The Balaban J connectivity index is 1.99. The fourth-order valence-electron chi connectivity index (χ4n) is 1.39. The van der Waals surface area contributed by atoms with Crippen molar-refractivity contribution in [3.8, 4) is 0 Å². The number of aromatic nitrogens is 2. The van der Waals surface area contributed by atoms with Crippen molar-refractivity contribution in [3.63, 3.8) is 0 Å². The van der Waals surface area contributed by atoms with E-state index in [9.17, 15) is 4.79 Å². The van der Waals surface area contributed by atoms with Gasteiger partial charge in [-0.2, -0.15) is 0 Å². The second-order valence-electron chi connectivity index (χ2n) is 3.81. The van der Waals surface area contributed by atoms with Crippen LogP contribution in [0.2, 0.25) is 10.3 Å². The minimum absolute atomic E-state index is 0.125. The third kappa shape index (κ3) is 4.59. The number of benzene rings is 1. The molecule has 114 valence electrons. The van der Waals surface area contributed by atoms with Crippen molar-refractivity contribution >= 4 is 53.0 Å². The molecule has 9 heteroatoms. The normalized spacial score (nSPS) is 10.7. The van der Waals surface area contributed by atoms with Crippen molar-refractivity contribution in [1.82, 2.24) is 9.97 Å². The number of amides is 1. The highest BCUT2D eigenvalue weighted by molar-refractivity contribution is 7.98. The first-order valence-electron chi connectivity index (χ1n) is 5.93. The number of halogens is 2. The van der Waals surface area contributed by atoms with Crippen molar-refractivity contribution in [3.05, 3.63) is 46.2 Å². The Morgan fingerprint density at radius 3 is 2.50 bits per heavy atom. The smallest absolute Gasteiger partial charge is 0.298 e. The van der Waals surface area contributed by atoms with E-state index in [2.05, 4.69) is 25.3 Å². The summed E-state index contributed by atoms with van der Waals surface area (Å²) in [6.45, 7) is 0. The van der Waals surface area contributed by atoms with Gasteiger partial charge in [-0.15, -0.1) is 0 Å². The van der Waals surface area contributed by atoms with Crippen LogP contribution in [0.1, 0.15) is 5.56 Å². The lowest BCUT2D eigenvalue weighted by Gasteiger charge is -2.03. The zero-order valence-corrected chi connectivity index (χ0v) is 13.6. The zero-order valence-electron chi connectivity index (χ0n) is 11.3. The number of carbonyl (C=O) groups excluding carboxylic acids is 1. The van der Waals surface area contributed by atoms with Gasteiger partial charge in [0, 0.05) is 5.69 Å². The molecular weight excluding hydrogens is 347 g/mol. The van der Waals surface area contributed by atoms with Gasteiger partial charge in [0.25, 0.3) is 0 Å². The van der Waals surface area contributed by atoms with Gasteiger partial charge in [0.05, 0.1) is 11.8 Å². The van der Waals surface area contributed by atoms with E-state index in [0.29, 0.717) is 10.8 Å². The average molecular weight is 357 g/mol. The van der Waals surface area contributed by atoms with Crippen molar-refractivity contribution in [2.75, 3.05) is 11.6 Å². The van der Waals surface area contributed by atoms with E-state index < -0.39 is 6.09 Å². The Labute approximate surface area is 140 Å². The summed E-state index contributed by atoms with van der Waals surface area (Å²) in [5.74, 6) is 0. The number of para-hydroxylation sites is 1. The van der Waals surface area contributed by atoms with Gasteiger partial charge in [0.2, 0.25) is 0 Å². The summed E-state index contributed by atoms with van der Waals surface area (Å²) in [7, 11) is 0. The van der Waals surface area contributed by atoms with Crippen LogP contribution in [0.25, 0.3) is 0 Å². The molecule has 0 bridgehead atoms. The van der Waals surface area contributed by atoms with Crippen molar-refractivity contribution in [2.24, 2.45) is 5.16 Å². The molecule has 22 heavy (non-hydrogen) atoms. The molecule has 0 saturated heterocycles. The molecule has 0 radical (unpaired) electrons. The number of nitrogens with zero attached hydrogens (tertiary/aromatic N) is 3. The second-order valence-corrected chi connectivity index (χ2v) is 5.30. The number of anilines is 1. The van der Waals surface area contributed by atoms with Gasteiger partial charge in [-0.3, -0.25) is 10.2 Å². The van der Waals surface area contributed by atoms with Crippen LogP contribution in [0.15, 0.2) is 40.6 Å². The maximum Gasteiger partial charge on any atom is 0.437 e. The predicted molar refractivity (Wildman–Crippen MR) is 88.0 cm³/mol. The van der Waals surface area contributed by atoms with Crippen LogP contribution in [-0.4, -0.2) is 28.5 Å². The summed E-state index contributed by atoms with van der Waals surface area (Å²) in [5, 5.41) is 6.71. The lowest BCUT2D eigenvalue weighted by molar-refractivity contribution is 0.167. The second kappa shape index (κ2) is 7.98. The summed E-state index contributed by atoms with van der Waals surface area (Å²) >= 11 is 13.2. The first-order valence-corrected chi connectivity index (χ1v) is 7.91. The van der Waals surface area contributed by atoms with E-state index in [1.165, 1.54) is 18.0 Å². The summed E-state index contributed by atoms with van der Waals surface area (Å²) in [6, 6.07) is 8.82. The van der Waals surface area contributed by atoms with Gasteiger partial charge in [-0.05, 0) is 18.4 Å². The van der Waals surface area contributed by atoms with Gasteiger partial charge >= 0.3 is 6.09 Å². The first kappa shape index (κ1) is 16.5. The Kier molecular flexibility index (Phi) is 6.00. The van der Waals surface area contributed by atoms with Crippen LogP contribution in [0, 0.1) is 0 Å². The first-order chi connectivity index (χ1) is 10.6. The van der Waals surface area contributed by atoms with Gasteiger partial charge < -0.3 is 0 Å². The van der Waals surface area contributed by atoms with E-state index >= 15 is 0 Å². The third-order valence-electron chi connectivity index (χ3n) is 2.35. The van der Waals surface area contributed by atoms with E-state index in [1.807, 2.05) is 6.07 Å². The molecule has 0 unspecified atom stereocenters. The number of thioether (sulfide) groups is 1. The molecule has 2 aromatic rings. The predicted octanol–water partition coefficient (Wildman–Crippen LogP) is 4.09. The standard InChI is InChI=1S/C13H10Cl2N4O2S/c1-22-12-18-10(14)9(11(15)19-12)7-16-21-13(20)17-8-5-3-2-4-6-8/h2-7H,1H3,(H,17,20)/b16-7-. The third-order valence-corrected chi connectivity index (χ3v) is 3.48. The summed E-state index contributed by atoms with van der Waals surface area (Å²) < 4.78 is 0. The number of carbonyl (C=O) groups is 1. The van der Waals surface area contributed by atoms with Gasteiger partial charge in [-0.1, -0.05) is 58.3 Å². The number of rotatable bonds is 4. The maximum atomic E-state index is 11.5. The SMILES string of the molecule is CSc1nc(Cl)c(/C=N\OC(=O)Nc2ccccc2)c(Cl)n1. The highest BCUT2D eigenvalue weighted by atomic mass is 35.5. The van der Waals surface area contributed by atoms with E-state index in [-0.39, 0.29) is 15.9 Å². The number of hydrogen-bond acceptors (Lipinski definition) is 6. The highest BCUT2D eigenvalue weighted by Gasteiger charge is 2.10. The Bertz CT molecular complexity index is 675. The molecule has 2 rings (SSSR count). The van der Waals surface area contributed by atoms with Crippen LogP contribution in [0.3, 0.4) is 0 Å². The molecule has 1 aromatic heterocycles. The van der Waals surface area contributed by atoms with Crippen LogP contribution in [0.5, 0.6) is 0 Å². The van der Waals surface area contributed by atoms with Gasteiger partial charge in [-0.25, -0.2) is 14.8 Å². The molecule has 1 amide bonds. The summed E-state index contributed by atoms with van der Waals surface area (Å²) in [5.41, 5.74) is 0.861. The Morgan fingerprint density at radius 1 is 1.27 bits per heavy atom. The highest BCUT2D eigenvalue weighted by Crippen LogP contribution is 2.22. The molecule has 0 spiro atoms. The fraction of sp³-hybridized carbons (Fsp3) is 0.0769. The minimum Gasteiger partial charge on any atom is -0.298 e. The fourth-order valence-corrected chi connectivity index (χ4v) is 2.34. The minimum atomic E-state index is -0.739. The van der Waals surface area contributed by atoms with Crippen LogP contribution < -0.4 is 5.32 Å². The quantitative estimate of drug-likeness (QED) is 0.223. The van der Waals surface area contributed by atoms with E-state index in [4.69, 9.17) is 23.2 Å². The van der Waals surface area contributed by atoms with Crippen molar-refractivity contribution in [1.29, 1.82) is 0 Å².